The van der Waals surface area contributed by atoms with Crippen molar-refractivity contribution in [3.63, 3.8) is 0 Å². The van der Waals surface area contributed by atoms with Crippen LogP contribution in [0.3, 0.4) is 0 Å². The second-order valence-electron chi connectivity index (χ2n) is 3.17. The summed E-state index contributed by atoms with van der Waals surface area (Å²) in [5.74, 6) is 0. The standard InChI is InChI=1S/C6H15N/c1-6(2,3)5-7-4/h7H,5H2,1-4H3/p+1. The van der Waals surface area contributed by atoms with Gasteiger partial charge in [0, 0.05) is 5.41 Å². The Morgan fingerprint density at radius 2 is 1.71 bits per heavy atom. The third-order valence-corrected chi connectivity index (χ3v) is 0.816. The lowest BCUT2D eigenvalue weighted by Gasteiger charge is -2.13. The normalized spacial score (nSPS) is 12.0. The lowest BCUT2D eigenvalue weighted by atomic mass is 9.97. The lowest BCUT2D eigenvalue weighted by molar-refractivity contribution is -0.637. The van der Waals surface area contributed by atoms with Crippen LogP contribution in [0.2, 0.25) is 0 Å². The van der Waals surface area contributed by atoms with E-state index >= 15 is 0 Å². The zero-order valence-electron chi connectivity index (χ0n) is 5.78. The summed E-state index contributed by atoms with van der Waals surface area (Å²) in [6, 6.07) is 0. The molecule has 0 bridgehead atoms. The third kappa shape index (κ3) is 5.96. The van der Waals surface area contributed by atoms with Crippen LogP contribution in [0.25, 0.3) is 0 Å². The Labute approximate surface area is 46.1 Å². The first-order chi connectivity index (χ1) is 3.06. The van der Waals surface area contributed by atoms with Gasteiger partial charge in [0.1, 0.15) is 0 Å². The Balaban J connectivity index is 3.15. The third-order valence-electron chi connectivity index (χ3n) is 0.816. The van der Waals surface area contributed by atoms with E-state index in [9.17, 15) is 0 Å². The van der Waals surface area contributed by atoms with Gasteiger partial charge < -0.3 is 5.32 Å². The Bertz CT molecular complexity index is 42.6. The van der Waals surface area contributed by atoms with E-state index in [0.29, 0.717) is 5.41 Å². The molecule has 0 atom stereocenters. The maximum absolute atomic E-state index is 2.24. The number of rotatable bonds is 1. The average molecular weight is 102 g/mol. The predicted octanol–water partition coefficient (Wildman–Crippen LogP) is 0.226. The molecule has 7 heavy (non-hydrogen) atoms. The molecule has 0 aliphatic rings. The van der Waals surface area contributed by atoms with Crippen LogP contribution in [0.15, 0.2) is 0 Å². The smallest absolute Gasteiger partial charge is 0.0802 e. The van der Waals surface area contributed by atoms with Crippen molar-refractivity contribution in [2.24, 2.45) is 5.41 Å². The highest BCUT2D eigenvalue weighted by Crippen LogP contribution is 2.07. The van der Waals surface area contributed by atoms with Crippen molar-refractivity contribution in [2.45, 2.75) is 20.8 Å². The maximum Gasteiger partial charge on any atom is 0.0802 e. The molecule has 0 fully saturated rings. The SMILES string of the molecule is C[NH2+]CC(C)(C)C. The topological polar surface area (TPSA) is 16.6 Å². The molecule has 0 amide bonds. The second-order valence-corrected chi connectivity index (χ2v) is 3.17. The van der Waals surface area contributed by atoms with E-state index in [1.807, 2.05) is 0 Å². The van der Waals surface area contributed by atoms with Crippen LogP contribution in [0, 0.1) is 5.41 Å². The fraction of sp³-hybridized carbons (Fsp3) is 1.00. The van der Waals surface area contributed by atoms with Gasteiger partial charge in [-0.05, 0) is 0 Å². The van der Waals surface area contributed by atoms with Crippen LogP contribution in [0.1, 0.15) is 20.8 Å². The molecule has 0 aromatic heterocycles. The van der Waals surface area contributed by atoms with Crippen LogP contribution in [0.5, 0.6) is 0 Å². The molecule has 44 valence electrons. The van der Waals surface area contributed by atoms with Crippen molar-refractivity contribution in [3.8, 4) is 0 Å². The van der Waals surface area contributed by atoms with Gasteiger partial charge in [-0.2, -0.15) is 0 Å². The molecule has 1 heteroatoms. The minimum Gasteiger partial charge on any atom is -0.348 e. The van der Waals surface area contributed by atoms with Crippen LogP contribution < -0.4 is 5.32 Å². The molecule has 0 saturated carbocycles. The molecule has 0 aliphatic heterocycles. The first-order valence-electron chi connectivity index (χ1n) is 2.84. The van der Waals surface area contributed by atoms with Gasteiger partial charge in [-0.1, -0.05) is 20.8 Å². The molecule has 0 saturated heterocycles. The van der Waals surface area contributed by atoms with Gasteiger partial charge in [-0.3, -0.25) is 0 Å². The van der Waals surface area contributed by atoms with Gasteiger partial charge in [0.25, 0.3) is 0 Å². The van der Waals surface area contributed by atoms with Crippen molar-refractivity contribution in [3.05, 3.63) is 0 Å². The minimum absolute atomic E-state index is 0.495. The van der Waals surface area contributed by atoms with Crippen LogP contribution >= 0.6 is 0 Å². The summed E-state index contributed by atoms with van der Waals surface area (Å²) in [5, 5.41) is 2.21. The van der Waals surface area contributed by atoms with E-state index in [-0.39, 0.29) is 0 Å². The molecule has 0 radical (unpaired) electrons. The zero-order valence-corrected chi connectivity index (χ0v) is 5.78. The molecule has 0 heterocycles. The summed E-state index contributed by atoms with van der Waals surface area (Å²) < 4.78 is 0. The predicted molar refractivity (Wildman–Crippen MR) is 32.2 cm³/mol. The second kappa shape index (κ2) is 2.31. The number of hydrogen-bond donors (Lipinski definition) is 1. The van der Waals surface area contributed by atoms with E-state index in [1.165, 1.54) is 6.54 Å². The number of nitrogens with two attached hydrogens (primary N) is 1. The first-order valence-corrected chi connectivity index (χ1v) is 2.84. The van der Waals surface area contributed by atoms with Crippen LogP contribution in [-0.2, 0) is 0 Å². The summed E-state index contributed by atoms with van der Waals surface area (Å²) in [4.78, 5) is 0. The van der Waals surface area contributed by atoms with Gasteiger partial charge in [0.2, 0.25) is 0 Å². The van der Waals surface area contributed by atoms with Gasteiger partial charge in [-0.25, -0.2) is 0 Å². The van der Waals surface area contributed by atoms with Gasteiger partial charge in [-0.15, -0.1) is 0 Å². The largest absolute Gasteiger partial charge is 0.348 e. The minimum atomic E-state index is 0.495. The van der Waals surface area contributed by atoms with E-state index in [1.54, 1.807) is 0 Å². The fourth-order valence-electron chi connectivity index (χ4n) is 0.612. The Kier molecular flexibility index (Phi) is 2.30. The Morgan fingerprint density at radius 3 is 1.71 bits per heavy atom. The van der Waals surface area contributed by atoms with E-state index in [4.69, 9.17) is 0 Å². The first kappa shape index (κ1) is 6.96. The summed E-state index contributed by atoms with van der Waals surface area (Å²) in [6.45, 7) is 7.94. The molecular formula is C6H16N+. The lowest BCUT2D eigenvalue weighted by Crippen LogP contribution is -2.82. The Morgan fingerprint density at radius 1 is 1.29 bits per heavy atom. The molecule has 0 aromatic rings. The van der Waals surface area contributed by atoms with Crippen molar-refractivity contribution < 1.29 is 5.32 Å². The number of hydrogen-bond acceptors (Lipinski definition) is 0. The summed E-state index contributed by atoms with van der Waals surface area (Å²) in [6.07, 6.45) is 0. The Hall–Kier alpha value is -0.0400. The molecule has 0 aromatic carbocycles. The van der Waals surface area contributed by atoms with E-state index in [0.717, 1.165) is 0 Å². The average Bonchev–Trinajstić information content (AvgIpc) is 1.30. The van der Waals surface area contributed by atoms with Crippen LogP contribution in [-0.4, -0.2) is 13.6 Å². The van der Waals surface area contributed by atoms with Crippen molar-refractivity contribution in [2.75, 3.05) is 13.6 Å². The highest BCUT2D eigenvalue weighted by molar-refractivity contribution is 4.55. The quantitative estimate of drug-likeness (QED) is 0.488. The molecule has 0 aliphatic carbocycles. The molecule has 2 N–H and O–H groups in total. The van der Waals surface area contributed by atoms with E-state index < -0.39 is 0 Å². The van der Waals surface area contributed by atoms with Gasteiger partial charge in [0.05, 0.1) is 13.6 Å². The van der Waals surface area contributed by atoms with Crippen molar-refractivity contribution in [1.29, 1.82) is 0 Å². The zero-order chi connectivity index (χ0) is 5.91. The molecule has 0 unspecified atom stereocenters. The van der Waals surface area contributed by atoms with Crippen molar-refractivity contribution >= 4 is 0 Å². The van der Waals surface area contributed by atoms with Gasteiger partial charge in [0.15, 0.2) is 0 Å². The summed E-state index contributed by atoms with van der Waals surface area (Å²) in [7, 11) is 2.10. The summed E-state index contributed by atoms with van der Waals surface area (Å²) in [5.41, 5.74) is 0.495. The molecule has 1 nitrogen and oxygen atoms in total. The molecule has 0 spiro atoms. The highest BCUT2D eigenvalue weighted by atomic mass is 14.8. The van der Waals surface area contributed by atoms with Crippen molar-refractivity contribution in [1.82, 2.24) is 0 Å². The molecular weight excluding hydrogens is 86.1 g/mol. The van der Waals surface area contributed by atoms with Gasteiger partial charge >= 0.3 is 0 Å². The molecule has 0 rings (SSSR count). The maximum atomic E-state index is 2.24. The number of quaternary nitrogens is 1. The highest BCUT2D eigenvalue weighted by Gasteiger charge is 2.09. The van der Waals surface area contributed by atoms with Crippen LogP contribution in [0.4, 0.5) is 0 Å². The monoisotopic (exact) mass is 102 g/mol. The summed E-state index contributed by atoms with van der Waals surface area (Å²) >= 11 is 0. The van der Waals surface area contributed by atoms with E-state index in [2.05, 4.69) is 33.1 Å². The fourth-order valence-corrected chi connectivity index (χ4v) is 0.612.